The smallest absolute Gasteiger partial charge is 0.257 e. The van der Waals surface area contributed by atoms with E-state index in [2.05, 4.69) is 15.1 Å². The molecule has 2 N–H and O–H groups in total. The SMILES string of the molecule is Cc1c(CN(C)CC(O)c2ccc(CN(C)C)cc2)sc2c(=O)c(C(=O)NCc3ccc(Cl)cc3)cn(C)c12. The van der Waals surface area contributed by atoms with E-state index in [0.29, 0.717) is 29.4 Å². The van der Waals surface area contributed by atoms with E-state index in [1.165, 1.54) is 16.9 Å². The molecule has 9 heteroatoms. The Morgan fingerprint density at radius 2 is 1.69 bits per heavy atom. The number of nitrogens with zero attached hydrogens (tertiary/aromatic N) is 3. The molecular formula is C30H35ClN4O3S. The first kappa shape index (κ1) is 29.0. The Kier molecular flexibility index (Phi) is 9.25. The van der Waals surface area contributed by atoms with E-state index in [1.807, 2.05) is 76.1 Å². The summed E-state index contributed by atoms with van der Waals surface area (Å²) in [5.41, 5.74) is 4.67. The molecule has 0 fully saturated rings. The van der Waals surface area contributed by atoms with Gasteiger partial charge >= 0.3 is 0 Å². The average Bonchev–Trinajstić information content (AvgIpc) is 3.22. The van der Waals surface area contributed by atoms with Crippen molar-refractivity contribution >= 4 is 39.1 Å². The molecule has 0 spiro atoms. The highest BCUT2D eigenvalue weighted by molar-refractivity contribution is 7.19. The number of likely N-dealkylation sites (N-methyl/N-ethyl adjacent to an activating group) is 1. The molecular weight excluding hydrogens is 532 g/mol. The lowest BCUT2D eigenvalue weighted by Gasteiger charge is -2.21. The second kappa shape index (κ2) is 12.4. The summed E-state index contributed by atoms with van der Waals surface area (Å²) < 4.78 is 2.42. The number of hydrogen-bond acceptors (Lipinski definition) is 6. The van der Waals surface area contributed by atoms with Gasteiger partial charge < -0.3 is 19.9 Å². The van der Waals surface area contributed by atoms with Crippen molar-refractivity contribution in [2.75, 3.05) is 27.7 Å². The van der Waals surface area contributed by atoms with Gasteiger partial charge in [0.1, 0.15) is 5.56 Å². The Morgan fingerprint density at radius 3 is 2.33 bits per heavy atom. The van der Waals surface area contributed by atoms with E-state index in [4.69, 9.17) is 11.6 Å². The summed E-state index contributed by atoms with van der Waals surface area (Å²) >= 11 is 7.35. The minimum absolute atomic E-state index is 0.119. The highest BCUT2D eigenvalue weighted by Crippen LogP contribution is 2.30. The number of pyridine rings is 1. The van der Waals surface area contributed by atoms with Crippen LogP contribution in [0.4, 0.5) is 0 Å². The number of halogens is 1. The number of fused-ring (bicyclic) bond motifs is 1. The maximum Gasteiger partial charge on any atom is 0.257 e. The highest BCUT2D eigenvalue weighted by atomic mass is 35.5. The summed E-state index contributed by atoms with van der Waals surface area (Å²) in [6, 6.07) is 15.3. The van der Waals surface area contributed by atoms with Gasteiger partial charge in [0.25, 0.3) is 5.91 Å². The normalized spacial score (nSPS) is 12.4. The minimum atomic E-state index is -0.625. The largest absolute Gasteiger partial charge is 0.387 e. The van der Waals surface area contributed by atoms with E-state index < -0.39 is 12.0 Å². The second-order valence-electron chi connectivity index (χ2n) is 10.3. The molecule has 0 saturated heterocycles. The van der Waals surface area contributed by atoms with Gasteiger partial charge in [0.15, 0.2) is 0 Å². The molecule has 4 rings (SSSR count). The fourth-order valence-electron chi connectivity index (χ4n) is 4.68. The van der Waals surface area contributed by atoms with Crippen LogP contribution in [0.5, 0.6) is 0 Å². The molecule has 0 aliphatic heterocycles. The monoisotopic (exact) mass is 566 g/mol. The number of benzene rings is 2. The number of aryl methyl sites for hydroxylation is 2. The number of carbonyl (C=O) groups is 1. The van der Waals surface area contributed by atoms with Crippen LogP contribution in [0.15, 0.2) is 59.5 Å². The van der Waals surface area contributed by atoms with Crippen LogP contribution in [0.25, 0.3) is 10.2 Å². The van der Waals surface area contributed by atoms with Crippen molar-refractivity contribution in [3.63, 3.8) is 0 Å². The van der Waals surface area contributed by atoms with Crippen LogP contribution in [-0.4, -0.2) is 53.1 Å². The Morgan fingerprint density at radius 1 is 1.05 bits per heavy atom. The van der Waals surface area contributed by atoms with Gasteiger partial charge in [-0.05, 0) is 62.5 Å². The van der Waals surface area contributed by atoms with Gasteiger partial charge in [0, 0.05) is 49.3 Å². The molecule has 0 saturated carbocycles. The third-order valence-electron chi connectivity index (χ3n) is 6.71. The molecule has 4 aromatic rings. The molecule has 1 amide bonds. The van der Waals surface area contributed by atoms with E-state index >= 15 is 0 Å². The molecule has 1 atom stereocenters. The Labute approximate surface area is 238 Å². The summed E-state index contributed by atoms with van der Waals surface area (Å²) in [4.78, 5) is 31.5. The van der Waals surface area contributed by atoms with Gasteiger partial charge in [-0.25, -0.2) is 0 Å². The second-order valence-corrected chi connectivity index (χ2v) is 11.9. The maximum atomic E-state index is 13.3. The maximum absolute atomic E-state index is 13.3. The number of aromatic nitrogens is 1. The minimum Gasteiger partial charge on any atom is -0.387 e. The summed E-state index contributed by atoms with van der Waals surface area (Å²) in [5.74, 6) is -0.406. The fourth-order valence-corrected chi connectivity index (χ4v) is 6.18. The standard InChI is InChI=1S/C30H35ClN4O3S/c1-19-26(18-34(4)17-25(36)22-10-6-21(7-11-22)15-33(2)3)39-29-27(19)35(5)16-24(28(29)37)30(38)32-14-20-8-12-23(31)13-9-20/h6-13,16,25,36H,14-15,17-18H2,1-5H3,(H,32,38). The van der Waals surface area contributed by atoms with Crippen LogP contribution >= 0.6 is 22.9 Å². The lowest BCUT2D eigenvalue weighted by Crippen LogP contribution is -2.29. The Hall–Kier alpha value is -3.01. The Balaban J connectivity index is 1.47. The number of amides is 1. The van der Waals surface area contributed by atoms with Crippen molar-refractivity contribution in [1.29, 1.82) is 0 Å². The predicted molar refractivity (Wildman–Crippen MR) is 160 cm³/mol. The first-order valence-corrected chi connectivity index (χ1v) is 14.0. The van der Waals surface area contributed by atoms with Crippen LogP contribution in [0.2, 0.25) is 5.02 Å². The molecule has 1 unspecified atom stereocenters. The summed E-state index contributed by atoms with van der Waals surface area (Å²) in [7, 11) is 7.87. The molecule has 0 aliphatic rings. The number of aliphatic hydroxyl groups excluding tert-OH is 1. The number of nitrogens with one attached hydrogen (secondary N) is 1. The molecule has 0 aliphatic carbocycles. The van der Waals surface area contributed by atoms with E-state index in [0.717, 1.165) is 33.6 Å². The van der Waals surface area contributed by atoms with Crippen molar-refractivity contribution in [2.24, 2.45) is 7.05 Å². The third kappa shape index (κ3) is 6.96. The van der Waals surface area contributed by atoms with Gasteiger partial charge in [-0.3, -0.25) is 14.5 Å². The summed E-state index contributed by atoms with van der Waals surface area (Å²) in [5, 5.41) is 14.3. The number of hydrogen-bond donors (Lipinski definition) is 2. The zero-order valence-electron chi connectivity index (χ0n) is 23.0. The van der Waals surface area contributed by atoms with Gasteiger partial charge in [-0.1, -0.05) is 48.0 Å². The number of aliphatic hydroxyl groups is 1. The zero-order valence-corrected chi connectivity index (χ0v) is 24.6. The van der Waals surface area contributed by atoms with Crippen molar-refractivity contribution in [2.45, 2.75) is 32.7 Å². The van der Waals surface area contributed by atoms with Crippen molar-refractivity contribution < 1.29 is 9.90 Å². The van der Waals surface area contributed by atoms with Crippen LogP contribution < -0.4 is 10.7 Å². The van der Waals surface area contributed by atoms with E-state index in [-0.39, 0.29) is 11.0 Å². The van der Waals surface area contributed by atoms with Gasteiger partial charge in [0.05, 0.1) is 16.3 Å². The summed E-state index contributed by atoms with van der Waals surface area (Å²) in [6.07, 6.45) is 0.985. The molecule has 2 aromatic heterocycles. The molecule has 2 heterocycles. The van der Waals surface area contributed by atoms with Crippen LogP contribution in [-0.2, 0) is 26.7 Å². The number of rotatable bonds is 10. The molecule has 0 bridgehead atoms. The predicted octanol–water partition coefficient (Wildman–Crippen LogP) is 4.72. The van der Waals surface area contributed by atoms with Crippen molar-refractivity contribution in [1.82, 2.24) is 19.7 Å². The van der Waals surface area contributed by atoms with Gasteiger partial charge in [-0.2, -0.15) is 0 Å². The molecule has 2 aromatic carbocycles. The highest BCUT2D eigenvalue weighted by Gasteiger charge is 2.21. The first-order chi connectivity index (χ1) is 18.5. The molecule has 0 radical (unpaired) electrons. The van der Waals surface area contributed by atoms with Crippen molar-refractivity contribution in [3.05, 3.63) is 103 Å². The van der Waals surface area contributed by atoms with E-state index in [9.17, 15) is 14.7 Å². The van der Waals surface area contributed by atoms with E-state index in [1.54, 1.807) is 18.3 Å². The molecule has 39 heavy (non-hydrogen) atoms. The zero-order chi connectivity index (χ0) is 28.3. The fraction of sp³-hybridized carbons (Fsp3) is 0.333. The average molecular weight is 567 g/mol. The van der Waals surface area contributed by atoms with Gasteiger partial charge in [-0.15, -0.1) is 11.3 Å². The third-order valence-corrected chi connectivity index (χ3v) is 8.23. The quantitative estimate of drug-likeness (QED) is 0.290. The van der Waals surface area contributed by atoms with Crippen LogP contribution in [0.3, 0.4) is 0 Å². The van der Waals surface area contributed by atoms with Gasteiger partial charge in [0.2, 0.25) is 5.43 Å². The lowest BCUT2D eigenvalue weighted by molar-refractivity contribution is 0.0949. The topological polar surface area (TPSA) is 77.8 Å². The number of carbonyl (C=O) groups excluding carboxylic acids is 1. The lowest BCUT2D eigenvalue weighted by atomic mass is 10.1. The number of thiophene rings is 1. The molecule has 7 nitrogen and oxygen atoms in total. The van der Waals surface area contributed by atoms with Crippen LogP contribution in [0, 0.1) is 6.92 Å². The first-order valence-electron chi connectivity index (χ1n) is 12.8. The molecule has 206 valence electrons. The van der Waals surface area contributed by atoms with Crippen molar-refractivity contribution in [3.8, 4) is 0 Å². The Bertz CT molecular complexity index is 1510. The van der Waals surface area contributed by atoms with Crippen LogP contribution in [0.1, 0.15) is 43.6 Å². The summed E-state index contributed by atoms with van der Waals surface area (Å²) in [6.45, 7) is 4.19.